The standard InChI is InChI=1S/C36H32Cl2N2O6/c1-3-4-5-16-43-26-11-7-22(8-12-26)36(41)45-27-13-14-28-32(19-27)46-35(40)29(20-39)34(28)23-9-15-31(33(17-23)42-2)44-21-24-6-10-25(37)18-30(24)38/h6-15,17-19,34H,3-5,16,21,40H2,1-2H3. The highest BCUT2D eigenvalue weighted by Crippen LogP contribution is 2.45. The third-order valence-corrected chi connectivity index (χ3v) is 8.01. The Kier molecular flexibility index (Phi) is 10.6. The minimum atomic E-state index is -0.572. The minimum Gasteiger partial charge on any atom is -0.494 e. The Labute approximate surface area is 277 Å². The molecule has 4 aromatic rings. The highest BCUT2D eigenvalue weighted by molar-refractivity contribution is 6.35. The van der Waals surface area contributed by atoms with Crippen molar-refractivity contribution in [1.82, 2.24) is 0 Å². The molecule has 1 unspecified atom stereocenters. The monoisotopic (exact) mass is 658 g/mol. The van der Waals surface area contributed by atoms with Crippen LogP contribution in [0.25, 0.3) is 0 Å². The van der Waals surface area contributed by atoms with Gasteiger partial charge >= 0.3 is 5.97 Å². The van der Waals surface area contributed by atoms with Crippen molar-refractivity contribution in [1.29, 1.82) is 5.26 Å². The lowest BCUT2D eigenvalue weighted by Gasteiger charge is -2.27. The second-order valence-electron chi connectivity index (χ2n) is 10.5. The number of nitrogens with two attached hydrogens (primary N) is 1. The molecule has 10 heteroatoms. The molecule has 0 saturated carbocycles. The maximum atomic E-state index is 12.9. The molecule has 1 atom stereocenters. The first-order valence-electron chi connectivity index (χ1n) is 14.7. The number of methoxy groups -OCH3 is 1. The van der Waals surface area contributed by atoms with Crippen LogP contribution < -0.4 is 29.4 Å². The molecule has 0 amide bonds. The van der Waals surface area contributed by atoms with E-state index in [-0.39, 0.29) is 23.8 Å². The van der Waals surface area contributed by atoms with Gasteiger partial charge in [-0.05, 0) is 66.6 Å². The molecule has 0 radical (unpaired) electrons. The Bertz CT molecular complexity index is 1800. The Morgan fingerprint density at radius 3 is 2.43 bits per heavy atom. The predicted octanol–water partition coefficient (Wildman–Crippen LogP) is 8.59. The van der Waals surface area contributed by atoms with Crippen LogP contribution in [0.15, 0.2) is 90.3 Å². The summed E-state index contributed by atoms with van der Waals surface area (Å²) in [4.78, 5) is 12.9. The van der Waals surface area contributed by atoms with E-state index in [9.17, 15) is 10.1 Å². The average molecular weight is 660 g/mol. The molecular weight excluding hydrogens is 627 g/mol. The normalized spacial score (nSPS) is 13.7. The zero-order chi connectivity index (χ0) is 32.6. The second-order valence-corrected chi connectivity index (χ2v) is 11.4. The first-order valence-corrected chi connectivity index (χ1v) is 15.5. The summed E-state index contributed by atoms with van der Waals surface area (Å²) in [5.74, 6) is 1.10. The molecule has 2 N–H and O–H groups in total. The third-order valence-electron chi connectivity index (χ3n) is 7.43. The molecule has 0 spiro atoms. The lowest BCUT2D eigenvalue weighted by Crippen LogP contribution is -2.21. The van der Waals surface area contributed by atoms with Gasteiger partial charge in [0, 0.05) is 27.2 Å². The van der Waals surface area contributed by atoms with E-state index in [4.69, 9.17) is 52.6 Å². The summed E-state index contributed by atoms with van der Waals surface area (Å²) < 4.78 is 28.8. The molecule has 1 heterocycles. The Morgan fingerprint density at radius 2 is 1.72 bits per heavy atom. The van der Waals surface area contributed by atoms with E-state index in [2.05, 4.69) is 13.0 Å². The summed E-state index contributed by atoms with van der Waals surface area (Å²) in [6, 6.07) is 24.5. The van der Waals surface area contributed by atoms with E-state index < -0.39 is 11.9 Å². The van der Waals surface area contributed by atoms with Crippen molar-refractivity contribution in [3.8, 4) is 34.8 Å². The summed E-state index contributed by atoms with van der Waals surface area (Å²) in [5, 5.41) is 11.0. The number of hydrogen-bond donors (Lipinski definition) is 1. The van der Waals surface area contributed by atoms with Crippen LogP contribution in [0.2, 0.25) is 10.0 Å². The number of ether oxygens (including phenoxy) is 5. The van der Waals surface area contributed by atoms with Gasteiger partial charge in [0.25, 0.3) is 0 Å². The largest absolute Gasteiger partial charge is 0.494 e. The van der Waals surface area contributed by atoms with Crippen LogP contribution in [0, 0.1) is 11.3 Å². The SMILES string of the molecule is CCCCCOc1ccc(C(=O)Oc2ccc3c(c2)OC(N)=C(C#N)C3c2ccc(OCc3ccc(Cl)cc3Cl)c(OC)c2)cc1. The third kappa shape index (κ3) is 7.51. The number of hydrogen-bond acceptors (Lipinski definition) is 8. The van der Waals surface area contributed by atoms with Crippen molar-refractivity contribution < 1.29 is 28.5 Å². The van der Waals surface area contributed by atoms with Gasteiger partial charge in [0.05, 0.1) is 25.2 Å². The fourth-order valence-electron chi connectivity index (χ4n) is 5.01. The number of allylic oxidation sites excluding steroid dienone is 1. The van der Waals surface area contributed by atoms with Gasteiger partial charge < -0.3 is 29.4 Å². The van der Waals surface area contributed by atoms with E-state index in [0.29, 0.717) is 50.8 Å². The molecule has 0 aliphatic carbocycles. The first-order chi connectivity index (χ1) is 22.3. The van der Waals surface area contributed by atoms with Gasteiger partial charge in [0.2, 0.25) is 5.88 Å². The molecule has 1 aliphatic rings. The van der Waals surface area contributed by atoms with Crippen LogP contribution in [-0.4, -0.2) is 19.7 Å². The number of fused-ring (bicyclic) bond motifs is 1. The fraction of sp³-hybridized carbons (Fsp3) is 0.222. The zero-order valence-corrected chi connectivity index (χ0v) is 26.9. The lowest BCUT2D eigenvalue weighted by molar-refractivity contribution is 0.0734. The molecule has 0 aromatic heterocycles. The molecule has 236 valence electrons. The number of carbonyl (C=O) groups is 1. The second kappa shape index (κ2) is 15.0. The van der Waals surface area contributed by atoms with Gasteiger partial charge in [-0.3, -0.25) is 0 Å². The molecule has 8 nitrogen and oxygen atoms in total. The van der Waals surface area contributed by atoms with Crippen LogP contribution >= 0.6 is 23.2 Å². The summed E-state index contributed by atoms with van der Waals surface area (Å²) in [6.45, 7) is 2.96. The quantitative estimate of drug-likeness (QED) is 0.0914. The van der Waals surface area contributed by atoms with Crippen LogP contribution in [0.1, 0.15) is 59.2 Å². The van der Waals surface area contributed by atoms with Crippen LogP contribution in [0.3, 0.4) is 0 Å². The van der Waals surface area contributed by atoms with Crippen molar-refractivity contribution in [2.75, 3.05) is 13.7 Å². The molecule has 4 aromatic carbocycles. The minimum absolute atomic E-state index is 0.0466. The number of esters is 1. The van der Waals surface area contributed by atoms with Crippen molar-refractivity contribution in [2.45, 2.75) is 38.7 Å². The molecule has 0 bridgehead atoms. The molecule has 0 fully saturated rings. The van der Waals surface area contributed by atoms with Gasteiger partial charge in [0.15, 0.2) is 11.5 Å². The Hall–Kier alpha value is -4.84. The number of benzene rings is 4. The summed E-state index contributed by atoms with van der Waals surface area (Å²) in [7, 11) is 1.53. The maximum absolute atomic E-state index is 12.9. The van der Waals surface area contributed by atoms with E-state index >= 15 is 0 Å². The Morgan fingerprint density at radius 1 is 0.935 bits per heavy atom. The molecule has 46 heavy (non-hydrogen) atoms. The molecular formula is C36H32Cl2N2O6. The molecule has 5 rings (SSSR count). The van der Waals surface area contributed by atoms with E-state index in [1.807, 2.05) is 6.07 Å². The van der Waals surface area contributed by atoms with Gasteiger partial charge in [0.1, 0.15) is 35.5 Å². The van der Waals surface area contributed by atoms with Gasteiger partial charge in [-0.2, -0.15) is 5.26 Å². The number of halogens is 2. The van der Waals surface area contributed by atoms with Crippen molar-refractivity contribution >= 4 is 29.2 Å². The number of rotatable bonds is 12. The smallest absolute Gasteiger partial charge is 0.343 e. The van der Waals surface area contributed by atoms with E-state index in [0.717, 1.165) is 30.4 Å². The first kappa shape index (κ1) is 32.6. The van der Waals surface area contributed by atoms with Gasteiger partial charge in [-0.15, -0.1) is 0 Å². The highest BCUT2D eigenvalue weighted by Gasteiger charge is 2.32. The van der Waals surface area contributed by atoms with Crippen molar-refractivity contribution in [3.63, 3.8) is 0 Å². The Balaban J connectivity index is 1.34. The fourth-order valence-corrected chi connectivity index (χ4v) is 5.48. The maximum Gasteiger partial charge on any atom is 0.343 e. The number of unbranched alkanes of at least 4 members (excludes halogenated alkanes) is 2. The topological polar surface area (TPSA) is 113 Å². The summed E-state index contributed by atoms with van der Waals surface area (Å²) in [6.07, 6.45) is 3.20. The molecule has 1 aliphatic heterocycles. The summed E-state index contributed by atoms with van der Waals surface area (Å²) >= 11 is 12.3. The van der Waals surface area contributed by atoms with Gasteiger partial charge in [-0.1, -0.05) is 61.2 Å². The van der Waals surface area contributed by atoms with E-state index in [1.165, 1.54) is 7.11 Å². The summed E-state index contributed by atoms with van der Waals surface area (Å²) in [5.41, 5.74) is 8.97. The van der Waals surface area contributed by atoms with E-state index in [1.54, 1.807) is 72.8 Å². The van der Waals surface area contributed by atoms with Crippen LogP contribution in [0.5, 0.6) is 28.7 Å². The lowest BCUT2D eigenvalue weighted by atomic mass is 9.83. The van der Waals surface area contributed by atoms with Crippen molar-refractivity contribution in [3.05, 3.63) is 123 Å². The van der Waals surface area contributed by atoms with Crippen LogP contribution in [0.4, 0.5) is 0 Å². The zero-order valence-electron chi connectivity index (χ0n) is 25.3. The predicted molar refractivity (Wildman–Crippen MR) is 176 cm³/mol. The number of nitriles is 1. The average Bonchev–Trinajstić information content (AvgIpc) is 3.06. The van der Waals surface area contributed by atoms with Gasteiger partial charge in [-0.25, -0.2) is 4.79 Å². The number of nitrogens with zero attached hydrogens (tertiary/aromatic N) is 1. The number of carbonyl (C=O) groups excluding carboxylic acids is 1. The van der Waals surface area contributed by atoms with Crippen molar-refractivity contribution in [2.24, 2.45) is 5.73 Å². The highest BCUT2D eigenvalue weighted by atomic mass is 35.5. The van der Waals surface area contributed by atoms with Crippen LogP contribution in [-0.2, 0) is 6.61 Å². The molecule has 0 saturated heterocycles.